The number of nitrogens with one attached hydrogen (secondary N) is 2. The molecule has 0 aliphatic rings. The van der Waals surface area contributed by atoms with Crippen LogP contribution in [-0.4, -0.2) is 30.9 Å². The van der Waals surface area contributed by atoms with Crippen LogP contribution in [0.1, 0.15) is 10.5 Å². The topological polar surface area (TPSA) is 133 Å². The van der Waals surface area contributed by atoms with Crippen molar-refractivity contribution in [2.75, 3.05) is 12.4 Å². The number of sulfonamides is 1. The van der Waals surface area contributed by atoms with Gasteiger partial charge in [0.1, 0.15) is 17.0 Å². The molecule has 1 aromatic heterocycles. The number of benzene rings is 3. The molecule has 4 rings (SSSR count). The van der Waals surface area contributed by atoms with Crippen molar-refractivity contribution < 1.29 is 22.9 Å². The van der Waals surface area contributed by atoms with Crippen LogP contribution in [0.4, 0.5) is 17.1 Å². The number of anilines is 2. The van der Waals surface area contributed by atoms with E-state index in [0.29, 0.717) is 27.5 Å². The highest BCUT2D eigenvalue weighted by Crippen LogP contribution is 2.35. The van der Waals surface area contributed by atoms with Crippen molar-refractivity contribution in [2.24, 2.45) is 7.05 Å². The Labute approximate surface area is 205 Å². The summed E-state index contributed by atoms with van der Waals surface area (Å²) < 4.78 is 33.8. The number of amides is 1. The number of rotatable bonds is 7. The third kappa shape index (κ3) is 4.77. The van der Waals surface area contributed by atoms with Crippen LogP contribution in [0.3, 0.4) is 0 Å². The maximum absolute atomic E-state index is 13.0. The van der Waals surface area contributed by atoms with E-state index in [2.05, 4.69) is 5.32 Å². The Balaban J connectivity index is 1.75. The number of aromatic nitrogens is 1. The molecule has 3 aromatic carbocycles. The van der Waals surface area contributed by atoms with E-state index in [1.54, 1.807) is 24.3 Å². The quantitative estimate of drug-likeness (QED) is 0.272. The number of methoxy groups -OCH3 is 1. The zero-order chi connectivity index (χ0) is 25.3. The highest BCUT2D eigenvalue weighted by atomic mass is 35.5. The summed E-state index contributed by atoms with van der Waals surface area (Å²) in [6, 6.07) is 16.6. The van der Waals surface area contributed by atoms with Gasteiger partial charge in [-0.3, -0.25) is 14.9 Å². The number of halogens is 1. The normalized spacial score (nSPS) is 11.3. The number of nitro groups is 1. The molecular formula is C23H19ClN4O6S. The smallest absolute Gasteiger partial charge is 0.293 e. The number of nitro benzene ring substituents is 1. The Hall–Kier alpha value is -4.09. The van der Waals surface area contributed by atoms with Crippen molar-refractivity contribution in [1.29, 1.82) is 0 Å². The van der Waals surface area contributed by atoms with Gasteiger partial charge in [-0.2, -0.15) is 0 Å². The number of aryl methyl sites for hydroxylation is 1. The zero-order valence-corrected chi connectivity index (χ0v) is 20.1. The highest BCUT2D eigenvalue weighted by molar-refractivity contribution is 7.90. The molecule has 35 heavy (non-hydrogen) atoms. The lowest BCUT2D eigenvalue weighted by molar-refractivity contribution is -0.383. The van der Waals surface area contributed by atoms with Crippen LogP contribution in [0.25, 0.3) is 10.9 Å². The van der Waals surface area contributed by atoms with Crippen LogP contribution in [0.15, 0.2) is 71.6 Å². The third-order valence-electron chi connectivity index (χ3n) is 5.30. The first-order valence-corrected chi connectivity index (χ1v) is 12.0. The number of non-ortho nitro benzene ring substituents is 1. The summed E-state index contributed by atoms with van der Waals surface area (Å²) in [5.41, 5.74) is 0.927. The second-order valence-electron chi connectivity index (χ2n) is 7.49. The number of carbonyl (C=O) groups excluding carboxylic acids is 1. The van der Waals surface area contributed by atoms with Crippen molar-refractivity contribution >= 4 is 55.5 Å². The van der Waals surface area contributed by atoms with Gasteiger partial charge in [0.25, 0.3) is 21.6 Å². The molecule has 0 radical (unpaired) electrons. The molecule has 0 bridgehead atoms. The summed E-state index contributed by atoms with van der Waals surface area (Å²) in [6.45, 7) is 0. The van der Waals surface area contributed by atoms with Gasteiger partial charge in [0.15, 0.2) is 0 Å². The Bertz CT molecular complexity index is 1570. The third-order valence-corrected chi connectivity index (χ3v) is 6.89. The van der Waals surface area contributed by atoms with Gasteiger partial charge >= 0.3 is 0 Å². The Morgan fingerprint density at radius 3 is 2.43 bits per heavy atom. The van der Waals surface area contributed by atoms with E-state index >= 15 is 0 Å². The average molecular weight is 515 g/mol. The van der Waals surface area contributed by atoms with Crippen LogP contribution >= 0.6 is 11.6 Å². The molecule has 4 aromatic rings. The molecule has 0 saturated heterocycles. The van der Waals surface area contributed by atoms with Gasteiger partial charge in [-0.1, -0.05) is 17.7 Å². The minimum absolute atomic E-state index is 0.0828. The zero-order valence-electron chi connectivity index (χ0n) is 18.5. The molecule has 0 spiro atoms. The molecule has 0 aliphatic carbocycles. The standard InChI is InChI=1S/C23H19ClN4O6S/c1-27-21(23(29)26-35(32,33)17-8-6-16(34-2)7-9-17)13-18-19(10-11-20(22(18)27)28(30)31)25-15-5-3-4-14(24)12-15/h3-13,25H,1-2H3,(H,26,29). The first kappa shape index (κ1) is 24.0. The average Bonchev–Trinajstić information content (AvgIpc) is 3.17. The molecular weight excluding hydrogens is 496 g/mol. The Morgan fingerprint density at radius 2 is 1.80 bits per heavy atom. The highest BCUT2D eigenvalue weighted by Gasteiger charge is 2.26. The van der Waals surface area contributed by atoms with Crippen LogP contribution in [0.2, 0.25) is 5.02 Å². The molecule has 0 unspecified atom stereocenters. The molecule has 10 nitrogen and oxygen atoms in total. The van der Waals surface area contributed by atoms with Gasteiger partial charge in [0.05, 0.1) is 16.9 Å². The summed E-state index contributed by atoms with van der Waals surface area (Å²) in [7, 11) is -1.31. The van der Waals surface area contributed by atoms with E-state index in [1.165, 1.54) is 61.2 Å². The minimum atomic E-state index is -4.21. The molecule has 0 atom stereocenters. The van der Waals surface area contributed by atoms with Crippen LogP contribution in [0.5, 0.6) is 5.75 Å². The Kier molecular flexibility index (Phi) is 6.37. The number of hydrogen-bond donors (Lipinski definition) is 2. The molecule has 2 N–H and O–H groups in total. The van der Waals surface area contributed by atoms with Gasteiger partial charge in [-0.15, -0.1) is 0 Å². The number of ether oxygens (including phenoxy) is 1. The van der Waals surface area contributed by atoms with Crippen LogP contribution in [0, 0.1) is 10.1 Å². The summed E-state index contributed by atoms with van der Waals surface area (Å²) in [5.74, 6) is -0.487. The number of fused-ring (bicyclic) bond motifs is 1. The van der Waals surface area contributed by atoms with Crippen molar-refractivity contribution in [2.45, 2.75) is 4.90 Å². The molecule has 12 heteroatoms. The largest absolute Gasteiger partial charge is 0.497 e. The lowest BCUT2D eigenvalue weighted by atomic mass is 10.1. The summed E-state index contributed by atoms with van der Waals surface area (Å²) in [4.78, 5) is 24.0. The van der Waals surface area contributed by atoms with E-state index < -0.39 is 20.9 Å². The maximum atomic E-state index is 13.0. The second-order valence-corrected chi connectivity index (χ2v) is 9.60. The maximum Gasteiger partial charge on any atom is 0.293 e. The number of hydrogen-bond acceptors (Lipinski definition) is 7. The first-order valence-electron chi connectivity index (χ1n) is 10.1. The van der Waals surface area contributed by atoms with Gasteiger partial charge in [0, 0.05) is 34.9 Å². The monoisotopic (exact) mass is 514 g/mol. The fraction of sp³-hybridized carbons (Fsp3) is 0.0870. The Morgan fingerprint density at radius 1 is 1.09 bits per heavy atom. The predicted molar refractivity (Wildman–Crippen MR) is 132 cm³/mol. The van der Waals surface area contributed by atoms with Crippen molar-refractivity contribution in [3.8, 4) is 5.75 Å². The molecule has 1 heterocycles. The van der Waals surface area contributed by atoms with Crippen LogP contribution in [-0.2, 0) is 17.1 Å². The van der Waals surface area contributed by atoms with E-state index in [0.717, 1.165) is 0 Å². The molecule has 0 fully saturated rings. The minimum Gasteiger partial charge on any atom is -0.497 e. The number of nitrogens with zero attached hydrogens (tertiary/aromatic N) is 2. The fourth-order valence-electron chi connectivity index (χ4n) is 3.63. The molecule has 180 valence electrons. The van der Waals surface area contributed by atoms with Crippen molar-refractivity contribution in [3.63, 3.8) is 0 Å². The fourth-order valence-corrected chi connectivity index (χ4v) is 4.78. The van der Waals surface area contributed by atoms with E-state index in [4.69, 9.17) is 16.3 Å². The molecule has 0 aliphatic heterocycles. The summed E-state index contributed by atoms with van der Waals surface area (Å²) in [5, 5.41) is 15.7. The van der Waals surface area contributed by atoms with Gasteiger partial charge < -0.3 is 14.6 Å². The predicted octanol–water partition coefficient (Wildman–Crippen LogP) is 4.61. The lowest BCUT2D eigenvalue weighted by Crippen LogP contribution is -2.31. The van der Waals surface area contributed by atoms with Crippen LogP contribution < -0.4 is 14.8 Å². The van der Waals surface area contributed by atoms with Gasteiger partial charge in [0.2, 0.25) is 0 Å². The summed E-state index contributed by atoms with van der Waals surface area (Å²) >= 11 is 6.05. The van der Waals surface area contributed by atoms with Gasteiger partial charge in [-0.25, -0.2) is 13.1 Å². The molecule has 1 amide bonds. The van der Waals surface area contributed by atoms with Gasteiger partial charge in [-0.05, 0) is 54.6 Å². The van der Waals surface area contributed by atoms with Crippen molar-refractivity contribution in [3.05, 3.63) is 87.6 Å². The lowest BCUT2D eigenvalue weighted by Gasteiger charge is -2.09. The first-order chi connectivity index (χ1) is 16.6. The van der Waals surface area contributed by atoms with E-state index in [-0.39, 0.29) is 21.8 Å². The SMILES string of the molecule is COc1ccc(S(=O)(=O)NC(=O)c2cc3c(Nc4cccc(Cl)c4)ccc([N+](=O)[O-])c3n2C)cc1. The number of carbonyl (C=O) groups is 1. The van der Waals surface area contributed by atoms with Crippen molar-refractivity contribution in [1.82, 2.24) is 9.29 Å². The molecule has 0 saturated carbocycles. The second kappa shape index (κ2) is 9.28. The van der Waals surface area contributed by atoms with E-state index in [1.807, 2.05) is 4.72 Å². The van der Waals surface area contributed by atoms with E-state index in [9.17, 15) is 23.3 Å². The summed E-state index contributed by atoms with van der Waals surface area (Å²) in [6.07, 6.45) is 0.